The molecule has 0 aromatic rings. The second-order valence-corrected chi connectivity index (χ2v) is 2.69. The molecule has 7 nitrogen and oxygen atoms in total. The summed E-state index contributed by atoms with van der Waals surface area (Å²) in [6.45, 7) is 1.73. The first kappa shape index (κ1) is 13.4. The summed E-state index contributed by atoms with van der Waals surface area (Å²) < 4.78 is 4.73. The van der Waals surface area contributed by atoms with E-state index < -0.39 is 30.3 Å². The average Bonchev–Trinajstić information content (AvgIpc) is 2.12. The van der Waals surface area contributed by atoms with E-state index in [-0.39, 0.29) is 6.61 Å². The highest BCUT2D eigenvalue weighted by molar-refractivity contribution is 5.87. The number of nitrogens with one attached hydrogen (secondary N) is 1. The zero-order valence-corrected chi connectivity index (χ0v) is 8.23. The summed E-state index contributed by atoms with van der Waals surface area (Å²) in [6, 6.07) is -1.42. The second-order valence-electron chi connectivity index (χ2n) is 2.69. The summed E-state index contributed by atoms with van der Waals surface area (Å²) in [5.74, 6) is -3.33. The maximum Gasteiger partial charge on any atom is 0.326 e. The lowest BCUT2D eigenvalue weighted by molar-refractivity contribution is -0.147. The minimum Gasteiger partial charge on any atom is -0.481 e. The molecule has 0 saturated carbocycles. The number of amides is 1. The maximum atomic E-state index is 11.0. The summed E-state index contributed by atoms with van der Waals surface area (Å²) in [7, 11) is 0. The Labute approximate surface area is 86.0 Å². The molecule has 1 amide bonds. The van der Waals surface area contributed by atoms with Crippen LogP contribution in [0, 0.1) is 0 Å². The van der Waals surface area contributed by atoms with Crippen molar-refractivity contribution in [3.8, 4) is 0 Å². The van der Waals surface area contributed by atoms with Crippen molar-refractivity contribution in [3.05, 3.63) is 0 Å². The number of aliphatic carboxylic acids is 2. The molecule has 0 aliphatic carbocycles. The van der Waals surface area contributed by atoms with E-state index in [0.29, 0.717) is 6.61 Å². The van der Waals surface area contributed by atoms with Gasteiger partial charge in [-0.25, -0.2) is 4.79 Å². The largest absolute Gasteiger partial charge is 0.481 e. The van der Waals surface area contributed by atoms with Crippen LogP contribution in [0.15, 0.2) is 0 Å². The van der Waals surface area contributed by atoms with Crippen LogP contribution < -0.4 is 5.32 Å². The van der Waals surface area contributed by atoms with Crippen LogP contribution in [0.3, 0.4) is 0 Å². The van der Waals surface area contributed by atoms with Gasteiger partial charge in [0.25, 0.3) is 0 Å². The number of carboxylic acids is 2. The lowest BCUT2D eigenvalue weighted by Crippen LogP contribution is -2.43. The third-order valence-electron chi connectivity index (χ3n) is 1.45. The Morgan fingerprint density at radius 2 is 1.93 bits per heavy atom. The fraction of sp³-hybridized carbons (Fsp3) is 0.625. The molecule has 0 saturated heterocycles. The zero-order chi connectivity index (χ0) is 11.8. The molecule has 0 aromatic heterocycles. The Morgan fingerprint density at radius 1 is 1.33 bits per heavy atom. The molecule has 0 aliphatic rings. The van der Waals surface area contributed by atoms with Crippen LogP contribution in [-0.4, -0.2) is 47.3 Å². The lowest BCUT2D eigenvalue weighted by Gasteiger charge is -2.11. The quantitative estimate of drug-likeness (QED) is 0.509. The molecule has 0 aromatic carbocycles. The lowest BCUT2D eigenvalue weighted by atomic mass is 10.2. The molecule has 3 N–H and O–H groups in total. The molecular weight excluding hydrogens is 206 g/mol. The van der Waals surface area contributed by atoms with Crippen molar-refractivity contribution in [3.63, 3.8) is 0 Å². The molecule has 0 radical (unpaired) electrons. The molecule has 15 heavy (non-hydrogen) atoms. The highest BCUT2D eigenvalue weighted by Gasteiger charge is 2.22. The van der Waals surface area contributed by atoms with Gasteiger partial charge in [0.15, 0.2) is 0 Å². The number of hydrogen-bond acceptors (Lipinski definition) is 4. The van der Waals surface area contributed by atoms with Gasteiger partial charge in [0, 0.05) is 6.61 Å². The van der Waals surface area contributed by atoms with Gasteiger partial charge in [0.1, 0.15) is 12.6 Å². The molecule has 0 spiro atoms. The molecule has 0 aliphatic heterocycles. The number of carboxylic acid groups (broad SMARTS) is 2. The number of carbonyl (C=O) groups is 3. The normalized spacial score (nSPS) is 11.8. The maximum absolute atomic E-state index is 11.0. The van der Waals surface area contributed by atoms with Crippen molar-refractivity contribution in [2.24, 2.45) is 0 Å². The monoisotopic (exact) mass is 219 g/mol. The molecule has 0 rings (SSSR count). The minimum absolute atomic E-state index is 0.278. The predicted octanol–water partition coefficient (Wildman–Crippen LogP) is -0.933. The van der Waals surface area contributed by atoms with Crippen LogP contribution in [0.5, 0.6) is 0 Å². The van der Waals surface area contributed by atoms with Crippen LogP contribution in [0.2, 0.25) is 0 Å². The Balaban J connectivity index is 4.10. The number of hydrogen-bond donors (Lipinski definition) is 3. The third kappa shape index (κ3) is 6.44. The fourth-order valence-electron chi connectivity index (χ4n) is 0.805. The standard InChI is InChI=1S/C8H13NO6/c1-2-15-4-6(10)9-5(8(13)14)3-7(11)12/h5H,2-4H2,1H3,(H,9,10)(H,11,12)(H,13,14)/t5-/m1/s1. The van der Waals surface area contributed by atoms with Crippen LogP contribution in [0.4, 0.5) is 0 Å². The van der Waals surface area contributed by atoms with Crippen molar-refractivity contribution in [1.82, 2.24) is 5.32 Å². The third-order valence-corrected chi connectivity index (χ3v) is 1.45. The summed E-state index contributed by atoms with van der Waals surface area (Å²) in [5, 5.41) is 19.0. The first-order valence-electron chi connectivity index (χ1n) is 4.29. The van der Waals surface area contributed by atoms with Crippen LogP contribution >= 0.6 is 0 Å². The van der Waals surface area contributed by atoms with Crippen LogP contribution in [0.25, 0.3) is 0 Å². The average molecular weight is 219 g/mol. The van der Waals surface area contributed by atoms with Crippen molar-refractivity contribution < 1.29 is 29.3 Å². The van der Waals surface area contributed by atoms with E-state index in [9.17, 15) is 14.4 Å². The van der Waals surface area contributed by atoms with Gasteiger partial charge in [-0.2, -0.15) is 0 Å². The second kappa shape index (κ2) is 6.77. The first-order valence-corrected chi connectivity index (χ1v) is 4.29. The van der Waals surface area contributed by atoms with E-state index in [1.165, 1.54) is 0 Å². The molecule has 0 fully saturated rings. The SMILES string of the molecule is CCOCC(=O)N[C@H](CC(=O)O)C(=O)O. The van der Waals surface area contributed by atoms with Gasteiger partial charge in [-0.3, -0.25) is 9.59 Å². The number of carbonyl (C=O) groups excluding carboxylic acids is 1. The van der Waals surface area contributed by atoms with Gasteiger partial charge >= 0.3 is 11.9 Å². The van der Waals surface area contributed by atoms with Gasteiger partial charge in [-0.05, 0) is 6.92 Å². The van der Waals surface area contributed by atoms with E-state index in [2.05, 4.69) is 0 Å². The molecule has 0 heterocycles. The number of rotatable bonds is 7. The molecular formula is C8H13NO6. The van der Waals surface area contributed by atoms with E-state index in [0.717, 1.165) is 0 Å². The summed E-state index contributed by atoms with van der Waals surface area (Å²) in [4.78, 5) is 31.8. The van der Waals surface area contributed by atoms with Crippen LogP contribution in [0.1, 0.15) is 13.3 Å². The van der Waals surface area contributed by atoms with Gasteiger partial charge < -0.3 is 20.3 Å². The minimum atomic E-state index is -1.42. The smallest absolute Gasteiger partial charge is 0.326 e. The summed E-state index contributed by atoms with van der Waals surface area (Å²) in [6.07, 6.45) is -0.660. The molecule has 86 valence electrons. The Hall–Kier alpha value is -1.63. The molecule has 0 unspecified atom stereocenters. The summed E-state index contributed by atoms with van der Waals surface area (Å²) in [5.41, 5.74) is 0. The summed E-state index contributed by atoms with van der Waals surface area (Å²) >= 11 is 0. The Morgan fingerprint density at radius 3 is 2.33 bits per heavy atom. The van der Waals surface area contributed by atoms with Gasteiger partial charge in [0.2, 0.25) is 5.91 Å². The fourth-order valence-corrected chi connectivity index (χ4v) is 0.805. The van der Waals surface area contributed by atoms with Gasteiger partial charge in [-0.1, -0.05) is 0 Å². The topological polar surface area (TPSA) is 113 Å². The van der Waals surface area contributed by atoms with Crippen molar-refractivity contribution >= 4 is 17.8 Å². The van der Waals surface area contributed by atoms with Crippen molar-refractivity contribution in [1.29, 1.82) is 0 Å². The molecule has 0 bridgehead atoms. The van der Waals surface area contributed by atoms with E-state index >= 15 is 0 Å². The Kier molecular flexibility index (Phi) is 6.03. The van der Waals surface area contributed by atoms with Crippen LogP contribution in [-0.2, 0) is 19.1 Å². The first-order chi connectivity index (χ1) is 6.97. The Bertz CT molecular complexity index is 252. The van der Waals surface area contributed by atoms with Crippen molar-refractivity contribution in [2.75, 3.05) is 13.2 Å². The van der Waals surface area contributed by atoms with E-state index in [4.69, 9.17) is 14.9 Å². The van der Waals surface area contributed by atoms with Gasteiger partial charge in [0.05, 0.1) is 6.42 Å². The predicted molar refractivity (Wildman–Crippen MR) is 48.3 cm³/mol. The number of ether oxygens (including phenoxy) is 1. The molecule has 1 atom stereocenters. The highest BCUT2D eigenvalue weighted by Crippen LogP contribution is 1.92. The van der Waals surface area contributed by atoms with Gasteiger partial charge in [-0.15, -0.1) is 0 Å². The molecule has 7 heteroatoms. The van der Waals surface area contributed by atoms with E-state index in [1.54, 1.807) is 6.92 Å². The highest BCUT2D eigenvalue weighted by atomic mass is 16.5. The zero-order valence-electron chi connectivity index (χ0n) is 8.23. The van der Waals surface area contributed by atoms with E-state index in [1.807, 2.05) is 5.32 Å². The van der Waals surface area contributed by atoms with Crippen molar-refractivity contribution in [2.45, 2.75) is 19.4 Å².